The Morgan fingerprint density at radius 1 is 1.17 bits per heavy atom. The highest BCUT2D eigenvalue weighted by Gasteiger charge is 2.29. The predicted octanol–water partition coefficient (Wildman–Crippen LogP) is 4.74. The molecule has 0 aliphatic rings. The molecule has 0 aliphatic heterocycles. The summed E-state index contributed by atoms with van der Waals surface area (Å²) in [6, 6.07) is 3.52. The number of rotatable bonds is 6. The van der Waals surface area contributed by atoms with E-state index in [0.29, 0.717) is 11.3 Å². The van der Waals surface area contributed by atoms with Gasteiger partial charge in [-0.15, -0.1) is 11.3 Å². The Morgan fingerprint density at radius 3 is 2.41 bits per heavy atom. The number of aryl methyl sites for hydroxylation is 1. The molecule has 2 rings (SSSR count). The molecule has 8 heteroatoms. The summed E-state index contributed by atoms with van der Waals surface area (Å²) in [6.45, 7) is 10.5. The van der Waals surface area contributed by atoms with E-state index in [1.807, 2.05) is 0 Å². The van der Waals surface area contributed by atoms with Crippen molar-refractivity contribution in [2.24, 2.45) is 0 Å². The maximum absolute atomic E-state index is 12.5. The number of hydrogen-bond acceptors (Lipinski definition) is 7. The molecule has 1 amide bonds. The van der Waals surface area contributed by atoms with Crippen molar-refractivity contribution in [3.8, 4) is 0 Å². The Bertz CT molecular complexity index is 945. The van der Waals surface area contributed by atoms with Gasteiger partial charge < -0.3 is 19.2 Å². The molecule has 0 bridgehead atoms. The lowest BCUT2D eigenvalue weighted by Crippen LogP contribution is -2.23. The highest BCUT2D eigenvalue weighted by molar-refractivity contribution is 7.18. The zero-order valence-electron chi connectivity index (χ0n) is 17.4. The summed E-state index contributed by atoms with van der Waals surface area (Å²) >= 11 is 0.979. The molecule has 0 saturated carbocycles. The topological polar surface area (TPSA) is 94.8 Å². The summed E-state index contributed by atoms with van der Waals surface area (Å²) in [7, 11) is 0. The van der Waals surface area contributed by atoms with Crippen molar-refractivity contribution in [1.82, 2.24) is 0 Å². The lowest BCUT2D eigenvalue weighted by atomic mass is 10.1. The number of amides is 1. The van der Waals surface area contributed by atoms with Gasteiger partial charge in [-0.05, 0) is 65.3 Å². The molecule has 2 aromatic heterocycles. The van der Waals surface area contributed by atoms with Gasteiger partial charge in [-0.2, -0.15) is 0 Å². The standard InChI is InChI=1S/C21H25NO6S/c1-7-26-19(24)16-13(3)17(20(25)28-21(4,5)6)29-18(16)22-15(23)11-10-14-9-8-12(2)27-14/h8-11H,7H2,1-6H3,(H,22,23). The van der Waals surface area contributed by atoms with Crippen LogP contribution in [0.25, 0.3) is 6.08 Å². The van der Waals surface area contributed by atoms with Crippen molar-refractivity contribution < 1.29 is 28.3 Å². The summed E-state index contributed by atoms with van der Waals surface area (Å²) in [5.41, 5.74) is -0.137. The van der Waals surface area contributed by atoms with Crippen molar-refractivity contribution >= 4 is 40.3 Å². The molecule has 29 heavy (non-hydrogen) atoms. The van der Waals surface area contributed by atoms with E-state index < -0.39 is 23.4 Å². The molecular weight excluding hydrogens is 394 g/mol. The number of carbonyl (C=O) groups is 3. The van der Waals surface area contributed by atoms with Gasteiger partial charge in [0.25, 0.3) is 0 Å². The summed E-state index contributed by atoms with van der Waals surface area (Å²) < 4.78 is 15.9. The van der Waals surface area contributed by atoms with Crippen LogP contribution in [0.5, 0.6) is 0 Å². The van der Waals surface area contributed by atoms with Gasteiger partial charge >= 0.3 is 11.9 Å². The average Bonchev–Trinajstić information content (AvgIpc) is 3.15. The Morgan fingerprint density at radius 2 is 1.86 bits per heavy atom. The van der Waals surface area contributed by atoms with Crippen LogP contribution in [0.1, 0.15) is 64.8 Å². The Hall–Kier alpha value is -2.87. The summed E-state index contributed by atoms with van der Waals surface area (Å²) in [5.74, 6) is -0.392. The fourth-order valence-corrected chi connectivity index (χ4v) is 3.50. The SMILES string of the molecule is CCOC(=O)c1c(NC(=O)C=Cc2ccc(C)o2)sc(C(=O)OC(C)(C)C)c1C. The van der Waals surface area contributed by atoms with Gasteiger partial charge in [0, 0.05) is 6.08 Å². The first kappa shape index (κ1) is 22.4. The molecule has 156 valence electrons. The van der Waals surface area contributed by atoms with Crippen LogP contribution in [0.4, 0.5) is 5.00 Å². The first-order valence-electron chi connectivity index (χ1n) is 9.11. The van der Waals surface area contributed by atoms with Crippen molar-refractivity contribution in [3.63, 3.8) is 0 Å². The number of furan rings is 1. The Labute approximate surface area is 173 Å². The predicted molar refractivity (Wildman–Crippen MR) is 111 cm³/mol. The molecule has 7 nitrogen and oxygen atoms in total. The molecule has 0 aromatic carbocycles. The van der Waals surface area contributed by atoms with Gasteiger partial charge in [0.05, 0.1) is 12.2 Å². The second-order valence-electron chi connectivity index (χ2n) is 7.25. The van der Waals surface area contributed by atoms with Crippen LogP contribution in [0.15, 0.2) is 22.6 Å². The van der Waals surface area contributed by atoms with Crippen molar-refractivity contribution in [1.29, 1.82) is 0 Å². The van der Waals surface area contributed by atoms with Crippen LogP contribution >= 0.6 is 11.3 Å². The first-order valence-corrected chi connectivity index (χ1v) is 9.92. The minimum Gasteiger partial charge on any atom is -0.462 e. The van der Waals surface area contributed by atoms with Gasteiger partial charge in [0.15, 0.2) is 0 Å². The third-order valence-electron chi connectivity index (χ3n) is 3.61. The fourth-order valence-electron chi connectivity index (χ4n) is 2.42. The summed E-state index contributed by atoms with van der Waals surface area (Å²) in [5, 5.41) is 2.88. The number of anilines is 1. The largest absolute Gasteiger partial charge is 0.462 e. The van der Waals surface area contributed by atoms with Crippen LogP contribution in [0.2, 0.25) is 0 Å². The van der Waals surface area contributed by atoms with Crippen LogP contribution in [0, 0.1) is 13.8 Å². The normalized spacial score (nSPS) is 11.5. The Balaban J connectivity index is 2.32. The second kappa shape index (κ2) is 9.09. The maximum atomic E-state index is 12.5. The highest BCUT2D eigenvalue weighted by Crippen LogP contribution is 2.35. The number of thiophene rings is 1. The monoisotopic (exact) mass is 419 g/mol. The van der Waals surface area contributed by atoms with Gasteiger partial charge in [-0.25, -0.2) is 9.59 Å². The lowest BCUT2D eigenvalue weighted by molar-refractivity contribution is -0.111. The van der Waals surface area contributed by atoms with Crippen LogP contribution < -0.4 is 5.32 Å². The number of nitrogens with one attached hydrogen (secondary N) is 1. The molecule has 0 unspecified atom stereocenters. The van der Waals surface area contributed by atoms with Gasteiger partial charge in [0.2, 0.25) is 5.91 Å². The average molecular weight is 419 g/mol. The second-order valence-corrected chi connectivity index (χ2v) is 8.27. The molecular formula is C21H25NO6S. The molecule has 2 heterocycles. The number of hydrogen-bond donors (Lipinski definition) is 1. The minimum atomic E-state index is -0.690. The van der Waals surface area contributed by atoms with E-state index in [-0.39, 0.29) is 22.0 Å². The highest BCUT2D eigenvalue weighted by atomic mass is 32.1. The van der Waals surface area contributed by atoms with Gasteiger partial charge in [-0.1, -0.05) is 0 Å². The van der Waals surface area contributed by atoms with E-state index in [4.69, 9.17) is 13.9 Å². The number of ether oxygens (including phenoxy) is 2. The number of esters is 2. The molecule has 0 aliphatic carbocycles. The van der Waals surface area contributed by atoms with Gasteiger partial charge in [-0.3, -0.25) is 4.79 Å². The van der Waals surface area contributed by atoms with E-state index in [2.05, 4.69) is 5.32 Å². The fraction of sp³-hybridized carbons (Fsp3) is 0.381. The van der Waals surface area contributed by atoms with Crippen molar-refractivity contribution in [2.75, 3.05) is 11.9 Å². The maximum Gasteiger partial charge on any atom is 0.349 e. The molecule has 2 aromatic rings. The zero-order chi connectivity index (χ0) is 21.8. The minimum absolute atomic E-state index is 0.147. The van der Waals surface area contributed by atoms with Crippen LogP contribution in [0.3, 0.4) is 0 Å². The molecule has 0 spiro atoms. The van der Waals surface area contributed by atoms with Crippen molar-refractivity contribution in [3.05, 3.63) is 45.7 Å². The van der Waals surface area contributed by atoms with E-state index >= 15 is 0 Å². The van der Waals surface area contributed by atoms with Gasteiger partial charge in [0.1, 0.15) is 27.0 Å². The number of carbonyl (C=O) groups excluding carboxylic acids is 3. The third kappa shape index (κ3) is 6.05. The van der Waals surface area contributed by atoms with Crippen LogP contribution in [-0.2, 0) is 14.3 Å². The van der Waals surface area contributed by atoms with E-state index in [1.165, 1.54) is 12.2 Å². The Kier molecular flexibility index (Phi) is 7.02. The molecule has 0 saturated heterocycles. The third-order valence-corrected chi connectivity index (χ3v) is 4.79. The van der Waals surface area contributed by atoms with E-state index in [0.717, 1.165) is 17.1 Å². The summed E-state index contributed by atoms with van der Waals surface area (Å²) in [6.07, 6.45) is 2.80. The quantitative estimate of drug-likeness (QED) is 0.537. The smallest absolute Gasteiger partial charge is 0.349 e. The van der Waals surface area contributed by atoms with Crippen LogP contribution in [-0.4, -0.2) is 30.1 Å². The molecule has 0 atom stereocenters. The van der Waals surface area contributed by atoms with E-state index in [9.17, 15) is 14.4 Å². The lowest BCUT2D eigenvalue weighted by Gasteiger charge is -2.19. The van der Waals surface area contributed by atoms with Crippen molar-refractivity contribution in [2.45, 2.75) is 47.1 Å². The molecule has 1 N–H and O–H groups in total. The molecule has 0 radical (unpaired) electrons. The first-order chi connectivity index (χ1) is 13.5. The zero-order valence-corrected chi connectivity index (χ0v) is 18.2. The van der Waals surface area contributed by atoms with E-state index in [1.54, 1.807) is 53.7 Å². The molecule has 0 fully saturated rings. The summed E-state index contributed by atoms with van der Waals surface area (Å²) in [4.78, 5) is 37.5.